The summed E-state index contributed by atoms with van der Waals surface area (Å²) in [5.41, 5.74) is 4.57. The van der Waals surface area contributed by atoms with Gasteiger partial charge in [0, 0.05) is 37.0 Å². The number of hydrogen-bond donors (Lipinski definition) is 2. The molecular formula is C37H45N5O5S2. The van der Waals surface area contributed by atoms with E-state index in [1.807, 2.05) is 66.0 Å². The van der Waals surface area contributed by atoms with Gasteiger partial charge in [-0.15, -0.1) is 22.7 Å². The largest absolute Gasteiger partial charge is 0.444 e. The molecule has 4 aromatic rings. The Kier molecular flexibility index (Phi) is 14.5. The van der Waals surface area contributed by atoms with Gasteiger partial charge in [-0.3, -0.25) is 14.6 Å². The third-order valence-electron chi connectivity index (χ3n) is 8.06. The first-order valence-corrected chi connectivity index (χ1v) is 18.2. The topological polar surface area (TPSA) is 131 Å². The summed E-state index contributed by atoms with van der Waals surface area (Å²) in [6.07, 6.45) is 3.57. The predicted molar refractivity (Wildman–Crippen MR) is 193 cm³/mol. The number of rotatable bonds is 18. The normalized spacial score (nSPS) is 12.9. The van der Waals surface area contributed by atoms with Crippen molar-refractivity contribution in [3.8, 4) is 0 Å². The molecule has 12 heteroatoms. The van der Waals surface area contributed by atoms with Crippen LogP contribution < -0.4 is 10.6 Å². The second kappa shape index (κ2) is 18.9. The summed E-state index contributed by atoms with van der Waals surface area (Å²) >= 11 is 2.96. The summed E-state index contributed by atoms with van der Waals surface area (Å²) in [5, 5.41) is 8.60. The van der Waals surface area contributed by atoms with E-state index in [0.29, 0.717) is 25.7 Å². The number of aromatic nitrogens is 2. The van der Waals surface area contributed by atoms with E-state index in [9.17, 15) is 19.2 Å². The van der Waals surface area contributed by atoms with Gasteiger partial charge < -0.3 is 20.3 Å². The summed E-state index contributed by atoms with van der Waals surface area (Å²) in [5.74, 6) is -0.631. The molecule has 3 unspecified atom stereocenters. The molecule has 49 heavy (non-hydrogen) atoms. The zero-order valence-electron chi connectivity index (χ0n) is 28.5. The molecule has 3 amide bonds. The van der Waals surface area contributed by atoms with E-state index in [1.54, 1.807) is 30.1 Å². The molecule has 0 spiro atoms. The van der Waals surface area contributed by atoms with Crippen molar-refractivity contribution in [2.24, 2.45) is 5.92 Å². The van der Waals surface area contributed by atoms with Crippen LogP contribution in [-0.4, -0.2) is 57.7 Å². The first-order chi connectivity index (χ1) is 23.6. The lowest BCUT2D eigenvalue weighted by molar-refractivity contribution is -0.129. The summed E-state index contributed by atoms with van der Waals surface area (Å²) in [7, 11) is 1.62. The molecule has 2 aromatic heterocycles. The maximum absolute atomic E-state index is 13.7. The summed E-state index contributed by atoms with van der Waals surface area (Å²) in [6, 6.07) is 17.7. The van der Waals surface area contributed by atoms with E-state index >= 15 is 0 Å². The smallest absolute Gasteiger partial charge is 0.407 e. The number of ether oxygens (including phenoxy) is 1. The van der Waals surface area contributed by atoms with Crippen LogP contribution in [0.5, 0.6) is 0 Å². The highest BCUT2D eigenvalue weighted by Crippen LogP contribution is 2.23. The molecule has 2 heterocycles. The molecule has 4 rings (SSSR count). The fraction of sp³-hybridized carbons (Fsp3) is 0.405. The minimum absolute atomic E-state index is 0.0842. The SMILES string of the molecule is CC(=O)C(NC(=O)N(C)Cc1csc(C(C)C)n1)C(=O)CC(CCC(Cc1ccccc1)NC(=O)OCc1cncs1)Cc1ccccc1. The zero-order chi connectivity index (χ0) is 35.2. The van der Waals surface area contributed by atoms with Crippen LogP contribution in [-0.2, 0) is 40.3 Å². The van der Waals surface area contributed by atoms with Gasteiger partial charge in [0.25, 0.3) is 0 Å². The van der Waals surface area contributed by atoms with Crippen LogP contribution in [0.1, 0.15) is 72.7 Å². The third-order valence-corrected chi connectivity index (χ3v) is 10.0. The van der Waals surface area contributed by atoms with Crippen molar-refractivity contribution >= 4 is 46.4 Å². The number of ketones is 2. The van der Waals surface area contributed by atoms with E-state index in [1.165, 1.54) is 23.2 Å². The minimum Gasteiger partial charge on any atom is -0.444 e. The highest BCUT2D eigenvalue weighted by atomic mass is 32.1. The first kappa shape index (κ1) is 37.4. The number of carbonyl (C=O) groups excluding carboxylic acids is 4. The molecule has 0 saturated carbocycles. The summed E-state index contributed by atoms with van der Waals surface area (Å²) in [4.78, 5) is 63.3. The van der Waals surface area contributed by atoms with Crippen LogP contribution in [0.2, 0.25) is 0 Å². The van der Waals surface area contributed by atoms with Gasteiger partial charge in [-0.25, -0.2) is 14.6 Å². The zero-order valence-corrected chi connectivity index (χ0v) is 30.1. The molecule has 2 aromatic carbocycles. The molecule has 0 aliphatic carbocycles. The monoisotopic (exact) mass is 703 g/mol. The molecule has 3 atom stereocenters. The van der Waals surface area contributed by atoms with Gasteiger partial charge in [-0.05, 0) is 49.7 Å². The first-order valence-electron chi connectivity index (χ1n) is 16.4. The van der Waals surface area contributed by atoms with Crippen LogP contribution >= 0.6 is 22.7 Å². The van der Waals surface area contributed by atoms with E-state index < -0.39 is 23.9 Å². The van der Waals surface area contributed by atoms with Gasteiger partial charge in [0.2, 0.25) is 0 Å². The molecule has 0 bridgehead atoms. The second-order valence-electron chi connectivity index (χ2n) is 12.6. The third kappa shape index (κ3) is 12.5. The molecule has 0 aliphatic rings. The van der Waals surface area contributed by atoms with Gasteiger partial charge in [0.15, 0.2) is 11.6 Å². The molecule has 0 radical (unpaired) electrons. The standard InChI is InChI=1S/C37H45N5O5S2/c1-25(2)35-39-31(23-48-35)21-42(4)36(45)41-34(26(3)43)33(44)19-29(17-27-11-7-5-8-12-27)15-16-30(18-28-13-9-6-10-14-28)40-37(46)47-22-32-20-38-24-49-32/h5-14,20,23-25,29-30,34H,15-19,21-22H2,1-4H3,(H,40,46)(H,41,45). The Morgan fingerprint density at radius 3 is 2.16 bits per heavy atom. The van der Waals surface area contributed by atoms with Gasteiger partial charge in [-0.2, -0.15) is 0 Å². The molecule has 0 saturated heterocycles. The number of nitrogens with one attached hydrogen (secondary N) is 2. The minimum atomic E-state index is -1.27. The van der Waals surface area contributed by atoms with E-state index in [0.717, 1.165) is 26.7 Å². The van der Waals surface area contributed by atoms with Crippen LogP contribution in [0.15, 0.2) is 77.8 Å². The second-order valence-corrected chi connectivity index (χ2v) is 14.4. The highest BCUT2D eigenvalue weighted by molar-refractivity contribution is 7.09. The van der Waals surface area contributed by atoms with Crippen LogP contribution in [0, 0.1) is 5.92 Å². The number of alkyl carbamates (subject to hydrolysis) is 1. The van der Waals surface area contributed by atoms with Crippen LogP contribution in [0.3, 0.4) is 0 Å². The van der Waals surface area contributed by atoms with Crippen molar-refractivity contribution in [3.05, 3.63) is 104 Å². The van der Waals surface area contributed by atoms with Crippen LogP contribution in [0.4, 0.5) is 9.59 Å². The van der Waals surface area contributed by atoms with E-state index in [-0.39, 0.29) is 43.2 Å². The van der Waals surface area contributed by atoms with Gasteiger partial charge in [0.1, 0.15) is 12.6 Å². The van der Waals surface area contributed by atoms with Gasteiger partial charge in [0.05, 0.1) is 27.6 Å². The van der Waals surface area contributed by atoms with Gasteiger partial charge >= 0.3 is 12.1 Å². The highest BCUT2D eigenvalue weighted by Gasteiger charge is 2.29. The number of urea groups is 1. The molecular weight excluding hydrogens is 659 g/mol. The number of amides is 3. The molecule has 2 N–H and O–H groups in total. The lowest BCUT2D eigenvalue weighted by atomic mass is 9.86. The maximum Gasteiger partial charge on any atom is 0.407 e. The number of Topliss-reactive ketones (excluding diaryl/α,β-unsaturated/α-hetero) is 2. The lowest BCUT2D eigenvalue weighted by Gasteiger charge is -2.25. The van der Waals surface area contributed by atoms with Crippen molar-refractivity contribution in [1.82, 2.24) is 25.5 Å². The van der Waals surface area contributed by atoms with E-state index in [2.05, 4.69) is 34.4 Å². The van der Waals surface area contributed by atoms with Crippen LogP contribution in [0.25, 0.3) is 0 Å². The molecule has 0 fully saturated rings. The number of nitrogens with zero attached hydrogens (tertiary/aromatic N) is 3. The van der Waals surface area contributed by atoms with Crippen molar-refractivity contribution in [2.45, 2.75) is 84.0 Å². The number of hydrogen-bond acceptors (Lipinski definition) is 9. The van der Waals surface area contributed by atoms with Crippen molar-refractivity contribution in [1.29, 1.82) is 0 Å². The average Bonchev–Trinajstić information content (AvgIpc) is 3.78. The summed E-state index contributed by atoms with van der Waals surface area (Å²) in [6.45, 7) is 5.84. The van der Waals surface area contributed by atoms with E-state index in [4.69, 9.17) is 4.74 Å². The molecule has 260 valence electrons. The number of benzene rings is 2. The molecule has 0 aliphatic heterocycles. The fourth-order valence-electron chi connectivity index (χ4n) is 5.46. The predicted octanol–water partition coefficient (Wildman–Crippen LogP) is 6.96. The Bertz CT molecular complexity index is 1630. The Balaban J connectivity index is 1.43. The Morgan fingerprint density at radius 1 is 0.898 bits per heavy atom. The van der Waals surface area contributed by atoms with Crippen molar-refractivity contribution < 1.29 is 23.9 Å². The average molecular weight is 704 g/mol. The fourth-order valence-corrected chi connectivity index (χ4v) is 6.79. The Morgan fingerprint density at radius 2 is 1.57 bits per heavy atom. The Labute approximate surface area is 296 Å². The van der Waals surface area contributed by atoms with Crippen molar-refractivity contribution in [2.75, 3.05) is 7.05 Å². The molecule has 10 nitrogen and oxygen atoms in total. The van der Waals surface area contributed by atoms with Gasteiger partial charge in [-0.1, -0.05) is 74.5 Å². The lowest BCUT2D eigenvalue weighted by Crippen LogP contribution is -2.50. The summed E-state index contributed by atoms with van der Waals surface area (Å²) < 4.78 is 5.47. The quantitative estimate of drug-likeness (QED) is 0.107. The maximum atomic E-state index is 13.7. The number of thiazole rings is 2. The number of carbonyl (C=O) groups is 4. The van der Waals surface area contributed by atoms with Crippen molar-refractivity contribution in [3.63, 3.8) is 0 Å². The Hall–Kier alpha value is -4.42.